The highest BCUT2D eigenvalue weighted by atomic mass is 79.9. The number of carboxylic acids is 1. The maximum atomic E-state index is 12.2. The zero-order valence-electron chi connectivity index (χ0n) is 8.76. The van der Waals surface area contributed by atoms with Gasteiger partial charge in [-0.2, -0.15) is 4.31 Å². The van der Waals surface area contributed by atoms with E-state index in [9.17, 15) is 13.2 Å². The van der Waals surface area contributed by atoms with E-state index in [4.69, 9.17) is 11.5 Å². The summed E-state index contributed by atoms with van der Waals surface area (Å²) in [6, 6.07) is 1.40. The number of rotatable bonds is 5. The second kappa shape index (κ2) is 6.16. The van der Waals surface area contributed by atoms with Crippen molar-refractivity contribution >= 4 is 59.2 Å². The van der Waals surface area contributed by atoms with Gasteiger partial charge in [0.05, 0.1) is 14.1 Å². The van der Waals surface area contributed by atoms with Crippen LogP contribution >= 0.6 is 43.2 Å². The van der Waals surface area contributed by atoms with Gasteiger partial charge in [-0.25, -0.2) is 8.42 Å². The Balaban J connectivity index is 3.21. The Labute approximate surface area is 125 Å². The third kappa shape index (κ3) is 3.55. The fourth-order valence-corrected chi connectivity index (χ4v) is 6.18. The maximum absolute atomic E-state index is 12.2. The van der Waals surface area contributed by atoms with Crippen LogP contribution in [0, 0.1) is 12.3 Å². The highest BCUT2D eigenvalue weighted by molar-refractivity contribution is 9.12. The third-order valence-corrected chi connectivity index (χ3v) is 6.37. The van der Waals surface area contributed by atoms with Gasteiger partial charge in [0.15, 0.2) is 0 Å². The normalized spacial score (nSPS) is 11.4. The van der Waals surface area contributed by atoms with Gasteiger partial charge in [-0.15, -0.1) is 17.8 Å². The van der Waals surface area contributed by atoms with Crippen LogP contribution in [0.5, 0.6) is 0 Å². The molecule has 0 amide bonds. The van der Waals surface area contributed by atoms with Crippen LogP contribution in [0.4, 0.5) is 0 Å². The van der Waals surface area contributed by atoms with Crippen LogP contribution in [0.2, 0.25) is 0 Å². The predicted octanol–water partition coefficient (Wildman–Crippen LogP) is 1.98. The first kappa shape index (κ1) is 15.7. The fraction of sp³-hybridized carbons (Fsp3) is 0.222. The maximum Gasteiger partial charge on any atom is 0.318 e. The highest BCUT2D eigenvalue weighted by Gasteiger charge is 2.29. The fourth-order valence-electron chi connectivity index (χ4n) is 1.12. The topological polar surface area (TPSA) is 74.7 Å². The minimum Gasteiger partial charge on any atom is -0.480 e. The van der Waals surface area contributed by atoms with Gasteiger partial charge in [0.1, 0.15) is 11.4 Å². The van der Waals surface area contributed by atoms with Crippen molar-refractivity contribution in [2.75, 3.05) is 13.1 Å². The standard InChI is InChI=1S/C9H7Br2NO4S2/c1-2-3-12(5-8(13)14)18(15,16)6-4-7(10)17-9(6)11/h1,4H,3,5H2,(H,13,14). The quantitative estimate of drug-likeness (QED) is 0.744. The van der Waals surface area contributed by atoms with E-state index in [0.29, 0.717) is 7.57 Å². The third-order valence-electron chi connectivity index (χ3n) is 1.82. The molecule has 18 heavy (non-hydrogen) atoms. The Kier molecular flexibility index (Phi) is 5.36. The van der Waals surface area contributed by atoms with Crippen LogP contribution in [-0.4, -0.2) is 36.9 Å². The smallest absolute Gasteiger partial charge is 0.318 e. The van der Waals surface area contributed by atoms with Gasteiger partial charge in [0, 0.05) is 0 Å². The van der Waals surface area contributed by atoms with Crippen LogP contribution < -0.4 is 0 Å². The van der Waals surface area contributed by atoms with Crippen molar-refractivity contribution in [3.63, 3.8) is 0 Å². The molecule has 0 spiro atoms. The molecule has 0 atom stereocenters. The number of thiophene rings is 1. The molecule has 98 valence electrons. The SMILES string of the molecule is C#CCN(CC(=O)O)S(=O)(=O)c1cc(Br)sc1Br. The first-order chi connectivity index (χ1) is 8.28. The van der Waals surface area contributed by atoms with E-state index in [2.05, 4.69) is 37.8 Å². The zero-order chi connectivity index (χ0) is 13.9. The molecule has 0 saturated carbocycles. The molecular formula is C9H7Br2NO4S2. The largest absolute Gasteiger partial charge is 0.480 e. The van der Waals surface area contributed by atoms with E-state index in [1.807, 2.05) is 0 Å². The van der Waals surface area contributed by atoms with Crippen LogP contribution in [0.3, 0.4) is 0 Å². The van der Waals surface area contributed by atoms with Crippen LogP contribution in [0.1, 0.15) is 0 Å². The molecule has 0 aliphatic rings. The summed E-state index contributed by atoms with van der Waals surface area (Å²) < 4.78 is 26.2. The van der Waals surface area contributed by atoms with Crippen LogP contribution in [0.15, 0.2) is 18.5 Å². The molecule has 9 heteroatoms. The van der Waals surface area contributed by atoms with Gasteiger partial charge in [-0.05, 0) is 37.9 Å². The molecule has 1 rings (SSSR count). The molecule has 1 aromatic rings. The summed E-state index contributed by atoms with van der Waals surface area (Å²) in [5.41, 5.74) is 0. The number of hydrogen-bond donors (Lipinski definition) is 1. The average molecular weight is 417 g/mol. The highest BCUT2D eigenvalue weighted by Crippen LogP contribution is 2.36. The minimum atomic E-state index is -3.92. The Hall–Kier alpha value is -0.400. The van der Waals surface area contributed by atoms with E-state index < -0.39 is 22.5 Å². The molecule has 0 saturated heterocycles. The van der Waals surface area contributed by atoms with E-state index in [1.165, 1.54) is 17.4 Å². The van der Waals surface area contributed by atoms with E-state index >= 15 is 0 Å². The van der Waals surface area contributed by atoms with Gasteiger partial charge in [0.2, 0.25) is 10.0 Å². The summed E-state index contributed by atoms with van der Waals surface area (Å²) in [4.78, 5) is 10.7. The number of halogens is 2. The lowest BCUT2D eigenvalue weighted by Crippen LogP contribution is -2.35. The van der Waals surface area contributed by atoms with Gasteiger partial charge in [-0.1, -0.05) is 5.92 Å². The zero-order valence-corrected chi connectivity index (χ0v) is 13.6. The van der Waals surface area contributed by atoms with Crippen molar-refractivity contribution in [2.45, 2.75) is 4.90 Å². The molecule has 0 aromatic carbocycles. The van der Waals surface area contributed by atoms with Gasteiger partial charge >= 0.3 is 5.97 Å². The molecule has 1 N–H and O–H groups in total. The number of hydrogen-bond acceptors (Lipinski definition) is 4. The first-order valence-corrected chi connectivity index (χ1v) is 8.23. The number of terminal acetylenes is 1. The van der Waals surface area contributed by atoms with Crippen molar-refractivity contribution in [3.8, 4) is 12.3 Å². The van der Waals surface area contributed by atoms with E-state index in [0.717, 1.165) is 4.31 Å². The molecule has 0 unspecified atom stereocenters. The molecule has 0 bridgehead atoms. The Morgan fingerprint density at radius 3 is 2.56 bits per heavy atom. The van der Waals surface area contributed by atoms with Crippen molar-refractivity contribution < 1.29 is 18.3 Å². The molecule has 1 aromatic heterocycles. The second-order valence-corrected chi connectivity index (χ2v) is 8.72. The van der Waals surface area contributed by atoms with Gasteiger partial charge < -0.3 is 5.11 Å². The number of aliphatic carboxylic acids is 1. The summed E-state index contributed by atoms with van der Waals surface area (Å²) in [6.45, 7) is -0.971. The lowest BCUT2D eigenvalue weighted by Gasteiger charge is -2.17. The Morgan fingerprint density at radius 2 is 2.17 bits per heavy atom. The van der Waals surface area contributed by atoms with Crippen molar-refractivity contribution in [1.82, 2.24) is 4.31 Å². The molecule has 0 aliphatic carbocycles. The molecule has 0 radical (unpaired) electrons. The van der Waals surface area contributed by atoms with Crippen LogP contribution in [-0.2, 0) is 14.8 Å². The number of carbonyl (C=O) groups is 1. The average Bonchev–Trinajstić information content (AvgIpc) is 2.57. The summed E-state index contributed by atoms with van der Waals surface area (Å²) in [7, 11) is -3.92. The van der Waals surface area contributed by atoms with Crippen LogP contribution in [0.25, 0.3) is 0 Å². The summed E-state index contributed by atoms with van der Waals surface area (Å²) in [5, 5.41) is 8.70. The first-order valence-electron chi connectivity index (χ1n) is 4.39. The molecule has 0 aliphatic heterocycles. The lowest BCUT2D eigenvalue weighted by atomic mass is 10.6. The van der Waals surface area contributed by atoms with E-state index in [1.54, 1.807) is 0 Å². The van der Waals surface area contributed by atoms with E-state index in [-0.39, 0.29) is 11.4 Å². The summed E-state index contributed by atoms with van der Waals surface area (Å²) in [5.74, 6) is 0.871. The molecular weight excluding hydrogens is 410 g/mol. The van der Waals surface area contributed by atoms with Gasteiger partial charge in [-0.3, -0.25) is 4.79 Å². The lowest BCUT2D eigenvalue weighted by molar-refractivity contribution is -0.137. The Morgan fingerprint density at radius 1 is 1.56 bits per heavy atom. The minimum absolute atomic E-state index is 0.00382. The Bertz CT molecular complexity index is 603. The second-order valence-electron chi connectivity index (χ2n) is 3.06. The monoisotopic (exact) mass is 415 g/mol. The molecule has 1 heterocycles. The number of carboxylic acid groups (broad SMARTS) is 1. The van der Waals surface area contributed by atoms with Gasteiger partial charge in [0.25, 0.3) is 0 Å². The van der Waals surface area contributed by atoms with Crippen molar-refractivity contribution in [3.05, 3.63) is 13.6 Å². The molecule has 5 nitrogen and oxygen atoms in total. The summed E-state index contributed by atoms with van der Waals surface area (Å²) >= 11 is 7.46. The number of sulfonamides is 1. The number of nitrogens with zero attached hydrogens (tertiary/aromatic N) is 1. The predicted molar refractivity (Wildman–Crippen MR) is 74.9 cm³/mol. The molecule has 0 fully saturated rings. The summed E-state index contributed by atoms with van der Waals surface area (Å²) in [6.07, 6.45) is 5.06. The van der Waals surface area contributed by atoms with Crippen molar-refractivity contribution in [2.24, 2.45) is 0 Å². The van der Waals surface area contributed by atoms with Crippen molar-refractivity contribution in [1.29, 1.82) is 0 Å².